The van der Waals surface area contributed by atoms with Crippen LogP contribution >= 0.6 is 27.5 Å². The van der Waals surface area contributed by atoms with Gasteiger partial charge in [0.25, 0.3) is 5.91 Å². The van der Waals surface area contributed by atoms with Gasteiger partial charge >= 0.3 is 0 Å². The summed E-state index contributed by atoms with van der Waals surface area (Å²) in [6.45, 7) is 0. The van der Waals surface area contributed by atoms with E-state index in [0.29, 0.717) is 10.6 Å². The molecule has 1 amide bonds. The number of nitrogens with two attached hydrogens (primary N) is 1. The van der Waals surface area contributed by atoms with Crippen LogP contribution in [0.15, 0.2) is 27.7 Å². The third-order valence-corrected chi connectivity index (χ3v) is 2.85. The van der Waals surface area contributed by atoms with Gasteiger partial charge in [-0.1, -0.05) is 33.6 Å². The summed E-state index contributed by atoms with van der Waals surface area (Å²) in [5.41, 5.74) is 6.05. The minimum atomic E-state index is -0.634. The summed E-state index contributed by atoms with van der Waals surface area (Å²) in [7, 11) is 0. The Hall–Kier alpha value is -1.07. The summed E-state index contributed by atoms with van der Waals surface area (Å²) in [5, 5.41) is 2.91. The molecule has 0 aromatic heterocycles. The molecule has 0 aliphatic carbocycles. The standard InChI is InChI=1S/C9H7BrClN3O/c10-4-1-2-5(6(11)3-4)7-8(15)14-9(12)13-7/h1-3,7H,(H3,12,13,14,15). The molecule has 1 aliphatic heterocycles. The van der Waals surface area contributed by atoms with Crippen molar-refractivity contribution in [1.82, 2.24) is 5.32 Å². The fraction of sp³-hybridized carbons (Fsp3) is 0.111. The first-order valence-electron chi connectivity index (χ1n) is 4.17. The van der Waals surface area contributed by atoms with Crippen molar-refractivity contribution in [2.75, 3.05) is 0 Å². The smallest absolute Gasteiger partial charge is 0.256 e. The summed E-state index contributed by atoms with van der Waals surface area (Å²) in [6, 6.07) is 4.64. The van der Waals surface area contributed by atoms with E-state index in [1.807, 2.05) is 0 Å². The summed E-state index contributed by atoms with van der Waals surface area (Å²) in [4.78, 5) is 15.4. The Labute approximate surface area is 99.6 Å². The summed E-state index contributed by atoms with van der Waals surface area (Å²) in [6.07, 6.45) is 0. The molecule has 0 saturated carbocycles. The van der Waals surface area contributed by atoms with Crippen molar-refractivity contribution >= 4 is 39.4 Å². The van der Waals surface area contributed by atoms with Gasteiger partial charge < -0.3 is 5.73 Å². The Morgan fingerprint density at radius 2 is 2.27 bits per heavy atom. The van der Waals surface area contributed by atoms with Gasteiger partial charge in [0.15, 0.2) is 12.0 Å². The fourth-order valence-electron chi connectivity index (χ4n) is 1.36. The van der Waals surface area contributed by atoms with E-state index >= 15 is 0 Å². The number of carbonyl (C=O) groups is 1. The van der Waals surface area contributed by atoms with Crippen LogP contribution in [0, 0.1) is 0 Å². The molecule has 0 radical (unpaired) electrons. The van der Waals surface area contributed by atoms with Crippen molar-refractivity contribution in [2.24, 2.45) is 10.7 Å². The molecule has 1 aliphatic rings. The van der Waals surface area contributed by atoms with Gasteiger partial charge in [-0.3, -0.25) is 10.1 Å². The van der Waals surface area contributed by atoms with Crippen LogP contribution in [0.3, 0.4) is 0 Å². The molecule has 78 valence electrons. The predicted octanol–water partition coefficient (Wildman–Crippen LogP) is 1.59. The van der Waals surface area contributed by atoms with Crippen molar-refractivity contribution in [2.45, 2.75) is 6.04 Å². The zero-order valence-corrected chi connectivity index (χ0v) is 9.84. The van der Waals surface area contributed by atoms with Gasteiger partial charge in [-0.15, -0.1) is 0 Å². The predicted molar refractivity (Wildman–Crippen MR) is 61.7 cm³/mol. The maximum Gasteiger partial charge on any atom is 0.256 e. The number of hydrogen-bond donors (Lipinski definition) is 2. The molecular formula is C9H7BrClN3O. The second-order valence-electron chi connectivity index (χ2n) is 3.07. The average molecular weight is 289 g/mol. The lowest BCUT2D eigenvalue weighted by Crippen LogP contribution is -2.31. The van der Waals surface area contributed by atoms with Crippen LogP contribution in [-0.2, 0) is 4.79 Å². The van der Waals surface area contributed by atoms with Crippen molar-refractivity contribution < 1.29 is 4.79 Å². The molecule has 3 N–H and O–H groups in total. The highest BCUT2D eigenvalue weighted by atomic mass is 79.9. The quantitative estimate of drug-likeness (QED) is 0.824. The second kappa shape index (κ2) is 3.83. The molecule has 4 nitrogen and oxygen atoms in total. The minimum absolute atomic E-state index is 0.129. The Balaban J connectivity index is 2.42. The SMILES string of the molecule is NC1=NC(c2ccc(Br)cc2Cl)C(=O)N1. The molecule has 15 heavy (non-hydrogen) atoms. The Bertz CT molecular complexity index is 461. The monoisotopic (exact) mass is 287 g/mol. The molecule has 2 rings (SSSR count). The van der Waals surface area contributed by atoms with E-state index in [9.17, 15) is 4.79 Å². The number of aliphatic imine (C=N–C) groups is 1. The molecule has 1 heterocycles. The Morgan fingerprint density at radius 1 is 1.53 bits per heavy atom. The molecule has 0 fully saturated rings. The van der Waals surface area contributed by atoms with Gasteiger partial charge in [0.05, 0.1) is 0 Å². The number of halogens is 2. The molecule has 1 aromatic rings. The number of nitrogens with zero attached hydrogens (tertiary/aromatic N) is 1. The van der Waals surface area contributed by atoms with E-state index in [-0.39, 0.29) is 11.9 Å². The van der Waals surface area contributed by atoms with E-state index < -0.39 is 6.04 Å². The number of benzene rings is 1. The van der Waals surface area contributed by atoms with Crippen molar-refractivity contribution in [3.05, 3.63) is 33.3 Å². The van der Waals surface area contributed by atoms with Crippen LogP contribution in [0.5, 0.6) is 0 Å². The van der Waals surface area contributed by atoms with E-state index in [4.69, 9.17) is 17.3 Å². The molecule has 0 bridgehead atoms. The Morgan fingerprint density at radius 3 is 2.80 bits per heavy atom. The van der Waals surface area contributed by atoms with Crippen LogP contribution < -0.4 is 11.1 Å². The number of amides is 1. The largest absolute Gasteiger partial charge is 0.370 e. The van der Waals surface area contributed by atoms with Gasteiger partial charge in [-0.05, 0) is 12.1 Å². The summed E-state index contributed by atoms with van der Waals surface area (Å²) >= 11 is 9.29. The van der Waals surface area contributed by atoms with Crippen LogP contribution in [0.1, 0.15) is 11.6 Å². The maximum absolute atomic E-state index is 11.4. The average Bonchev–Trinajstić information content (AvgIpc) is 2.45. The molecule has 0 saturated heterocycles. The highest BCUT2D eigenvalue weighted by Gasteiger charge is 2.28. The van der Waals surface area contributed by atoms with E-state index in [0.717, 1.165) is 4.47 Å². The van der Waals surface area contributed by atoms with E-state index in [1.165, 1.54) is 0 Å². The number of guanidine groups is 1. The van der Waals surface area contributed by atoms with Crippen LogP contribution in [-0.4, -0.2) is 11.9 Å². The van der Waals surface area contributed by atoms with Crippen molar-refractivity contribution in [1.29, 1.82) is 0 Å². The number of rotatable bonds is 1. The van der Waals surface area contributed by atoms with Gasteiger partial charge in [-0.2, -0.15) is 0 Å². The number of hydrogen-bond acceptors (Lipinski definition) is 3. The number of nitrogens with one attached hydrogen (secondary N) is 1. The van der Waals surface area contributed by atoms with Crippen molar-refractivity contribution in [3.63, 3.8) is 0 Å². The maximum atomic E-state index is 11.4. The number of carbonyl (C=O) groups excluding carboxylic acids is 1. The summed E-state index contributed by atoms with van der Waals surface area (Å²) < 4.78 is 0.853. The van der Waals surface area contributed by atoms with Gasteiger partial charge in [-0.25, -0.2) is 4.99 Å². The third-order valence-electron chi connectivity index (χ3n) is 2.02. The first-order valence-corrected chi connectivity index (χ1v) is 5.34. The Kier molecular flexibility index (Phi) is 2.67. The van der Waals surface area contributed by atoms with Gasteiger partial charge in [0, 0.05) is 15.1 Å². The topological polar surface area (TPSA) is 67.5 Å². The third kappa shape index (κ3) is 1.98. The second-order valence-corrected chi connectivity index (χ2v) is 4.39. The normalized spacial score (nSPS) is 20.0. The summed E-state index contributed by atoms with van der Waals surface area (Å²) in [5.74, 6) is -0.124. The lowest BCUT2D eigenvalue weighted by molar-refractivity contribution is -0.120. The van der Waals surface area contributed by atoms with Crippen LogP contribution in [0.25, 0.3) is 0 Å². The zero-order chi connectivity index (χ0) is 11.0. The first-order chi connectivity index (χ1) is 7.08. The van der Waals surface area contributed by atoms with E-state index in [1.54, 1.807) is 18.2 Å². The molecule has 1 atom stereocenters. The molecule has 1 unspecified atom stereocenters. The lowest BCUT2D eigenvalue weighted by Gasteiger charge is -2.07. The van der Waals surface area contributed by atoms with Gasteiger partial charge in [0.2, 0.25) is 0 Å². The fourth-order valence-corrected chi connectivity index (χ4v) is 2.14. The molecule has 6 heteroatoms. The molecule has 1 aromatic carbocycles. The van der Waals surface area contributed by atoms with E-state index in [2.05, 4.69) is 26.2 Å². The lowest BCUT2D eigenvalue weighted by atomic mass is 10.1. The molecular weight excluding hydrogens is 281 g/mol. The highest BCUT2D eigenvalue weighted by molar-refractivity contribution is 9.10. The minimum Gasteiger partial charge on any atom is -0.370 e. The van der Waals surface area contributed by atoms with Crippen LogP contribution in [0.2, 0.25) is 5.02 Å². The first kappa shape index (κ1) is 10.4. The zero-order valence-electron chi connectivity index (χ0n) is 7.50. The van der Waals surface area contributed by atoms with Gasteiger partial charge in [0.1, 0.15) is 0 Å². The van der Waals surface area contributed by atoms with Crippen LogP contribution in [0.4, 0.5) is 0 Å². The highest BCUT2D eigenvalue weighted by Crippen LogP contribution is 2.30. The molecule has 0 spiro atoms. The van der Waals surface area contributed by atoms with Crippen molar-refractivity contribution in [3.8, 4) is 0 Å².